The summed E-state index contributed by atoms with van der Waals surface area (Å²) in [6.45, 7) is 5.34. The Balaban J connectivity index is 1.39. The molecule has 0 saturated carbocycles. The van der Waals surface area contributed by atoms with E-state index in [2.05, 4.69) is 25.1 Å². The Bertz CT molecular complexity index is 900. The first-order valence-electron chi connectivity index (χ1n) is 9.50. The molecular weight excluding hydrogens is 383 g/mol. The summed E-state index contributed by atoms with van der Waals surface area (Å²) >= 11 is 0. The molecule has 154 valence electrons. The Labute approximate surface area is 166 Å². The van der Waals surface area contributed by atoms with Gasteiger partial charge in [-0.2, -0.15) is 13.2 Å². The van der Waals surface area contributed by atoms with Crippen LogP contribution in [0.4, 0.5) is 24.7 Å². The van der Waals surface area contributed by atoms with E-state index in [9.17, 15) is 18.0 Å². The average Bonchev–Trinajstić information content (AvgIpc) is 2.65. The van der Waals surface area contributed by atoms with Crippen LogP contribution in [0.1, 0.15) is 23.5 Å². The van der Waals surface area contributed by atoms with E-state index in [-0.39, 0.29) is 24.3 Å². The topological polar surface area (TPSA) is 61.4 Å². The molecule has 0 radical (unpaired) electrons. The lowest BCUT2D eigenvalue weighted by molar-refractivity contribution is -0.137. The zero-order valence-electron chi connectivity index (χ0n) is 16.2. The number of carbonyl (C=O) groups excluding carboxylic acids is 1. The highest BCUT2D eigenvalue weighted by atomic mass is 19.4. The number of fused-ring (bicyclic) bond motifs is 2. The van der Waals surface area contributed by atoms with E-state index >= 15 is 0 Å². The first kappa shape index (κ1) is 19.6. The smallest absolute Gasteiger partial charge is 0.353 e. The van der Waals surface area contributed by atoms with Gasteiger partial charge in [0.2, 0.25) is 5.91 Å². The van der Waals surface area contributed by atoms with Crippen molar-refractivity contribution < 1.29 is 18.0 Å². The largest absolute Gasteiger partial charge is 0.418 e. The number of piperidine rings is 1. The number of hydrogen-bond acceptors (Lipinski definition) is 5. The number of carbonyl (C=O) groups is 1. The van der Waals surface area contributed by atoms with Gasteiger partial charge in [-0.15, -0.1) is 0 Å². The Morgan fingerprint density at radius 3 is 2.52 bits per heavy atom. The lowest BCUT2D eigenvalue weighted by atomic mass is 9.87. The number of aryl methyl sites for hydroxylation is 2. The number of rotatable bonds is 4. The molecule has 3 saturated heterocycles. The maximum atomic E-state index is 13.1. The normalized spacial score (nSPS) is 21.6. The highest BCUT2D eigenvalue weighted by Gasteiger charge is 2.45. The van der Waals surface area contributed by atoms with Crippen LogP contribution in [0.25, 0.3) is 0 Å². The van der Waals surface area contributed by atoms with Gasteiger partial charge in [0.05, 0.1) is 17.8 Å². The van der Waals surface area contributed by atoms with Gasteiger partial charge in [-0.25, -0.2) is 9.97 Å². The van der Waals surface area contributed by atoms with Crippen LogP contribution < -0.4 is 10.2 Å². The highest BCUT2D eigenvalue weighted by molar-refractivity contribution is 5.93. The lowest BCUT2D eigenvalue weighted by Gasteiger charge is -2.56. The number of para-hydroxylation sites is 1. The van der Waals surface area contributed by atoms with E-state index < -0.39 is 17.6 Å². The summed E-state index contributed by atoms with van der Waals surface area (Å²) in [6.07, 6.45) is -3.53. The van der Waals surface area contributed by atoms with Crippen LogP contribution >= 0.6 is 0 Å². The lowest BCUT2D eigenvalue weighted by Crippen LogP contribution is -2.69. The molecule has 29 heavy (non-hydrogen) atoms. The number of hydrogen-bond donors (Lipinski definition) is 1. The molecule has 6 nitrogen and oxygen atoms in total. The predicted molar refractivity (Wildman–Crippen MR) is 103 cm³/mol. The van der Waals surface area contributed by atoms with Crippen LogP contribution in [0, 0.1) is 13.8 Å². The maximum absolute atomic E-state index is 13.1. The molecule has 4 heterocycles. The fourth-order valence-corrected chi connectivity index (χ4v) is 4.19. The molecule has 0 aliphatic carbocycles. The third-order valence-electron chi connectivity index (χ3n) is 5.45. The van der Waals surface area contributed by atoms with Gasteiger partial charge in [-0.05, 0) is 32.4 Å². The number of aromatic nitrogens is 2. The molecule has 1 N–H and O–H groups in total. The van der Waals surface area contributed by atoms with Crippen molar-refractivity contribution in [3.8, 4) is 0 Å². The minimum absolute atomic E-state index is 0.0805. The molecule has 3 aliphatic rings. The van der Waals surface area contributed by atoms with E-state index in [1.54, 1.807) is 0 Å². The summed E-state index contributed by atoms with van der Waals surface area (Å²) in [5.74, 6) is 1.17. The van der Waals surface area contributed by atoms with Crippen molar-refractivity contribution >= 4 is 17.4 Å². The van der Waals surface area contributed by atoms with E-state index in [4.69, 9.17) is 0 Å². The molecule has 1 amide bonds. The summed E-state index contributed by atoms with van der Waals surface area (Å²) in [5.41, 5.74) is -0.131. The van der Waals surface area contributed by atoms with Crippen molar-refractivity contribution in [2.24, 2.45) is 0 Å². The molecule has 0 spiro atoms. The number of halogens is 3. The third kappa shape index (κ3) is 4.05. The second kappa shape index (κ2) is 7.29. The SMILES string of the molecule is Cc1cc(N2CC3CC(C2)N3CC(=O)Nc2ccccc2C(F)(F)F)nc(C)n1. The van der Waals surface area contributed by atoms with Crippen LogP contribution in [0.5, 0.6) is 0 Å². The van der Waals surface area contributed by atoms with Gasteiger partial charge < -0.3 is 10.2 Å². The number of amides is 1. The van der Waals surface area contributed by atoms with E-state index in [0.29, 0.717) is 0 Å². The van der Waals surface area contributed by atoms with E-state index in [1.165, 1.54) is 18.2 Å². The number of alkyl halides is 3. The molecule has 3 aliphatic heterocycles. The zero-order chi connectivity index (χ0) is 20.8. The number of piperazine rings is 1. The zero-order valence-corrected chi connectivity index (χ0v) is 16.2. The van der Waals surface area contributed by atoms with Crippen molar-refractivity contribution in [3.05, 3.63) is 47.4 Å². The van der Waals surface area contributed by atoms with Crippen molar-refractivity contribution in [2.75, 3.05) is 29.9 Å². The fourth-order valence-electron chi connectivity index (χ4n) is 4.19. The van der Waals surface area contributed by atoms with Crippen LogP contribution in [0.3, 0.4) is 0 Å². The maximum Gasteiger partial charge on any atom is 0.418 e. The van der Waals surface area contributed by atoms with Crippen LogP contribution in [0.15, 0.2) is 30.3 Å². The number of nitrogens with zero attached hydrogens (tertiary/aromatic N) is 4. The predicted octanol–water partition coefficient (Wildman–Crippen LogP) is 3.01. The third-order valence-corrected chi connectivity index (χ3v) is 5.45. The van der Waals surface area contributed by atoms with Gasteiger partial charge >= 0.3 is 6.18 Å². The van der Waals surface area contributed by atoms with Gasteiger partial charge in [0, 0.05) is 36.9 Å². The standard InChI is InChI=1S/C20H22F3N5O/c1-12-7-18(25-13(2)24-12)27-9-14-8-15(10-27)28(14)11-19(29)26-17-6-4-3-5-16(17)20(21,22)23/h3-7,14-15H,8-11H2,1-2H3,(H,26,29). The molecule has 2 aromatic rings. The van der Waals surface area contributed by atoms with Crippen LogP contribution in [-0.2, 0) is 11.0 Å². The van der Waals surface area contributed by atoms with Gasteiger partial charge in [0.1, 0.15) is 11.6 Å². The highest BCUT2D eigenvalue weighted by Crippen LogP contribution is 2.36. The summed E-state index contributed by atoms with van der Waals surface area (Å²) in [6, 6.07) is 7.36. The molecule has 9 heteroatoms. The molecule has 3 fully saturated rings. The second-order valence-corrected chi connectivity index (χ2v) is 7.63. The number of benzene rings is 1. The molecule has 2 atom stereocenters. The quantitative estimate of drug-likeness (QED) is 0.848. The first-order chi connectivity index (χ1) is 13.7. The van der Waals surface area contributed by atoms with Crippen molar-refractivity contribution in [1.29, 1.82) is 0 Å². The van der Waals surface area contributed by atoms with Crippen molar-refractivity contribution in [3.63, 3.8) is 0 Å². The van der Waals surface area contributed by atoms with Gasteiger partial charge in [0.15, 0.2) is 0 Å². The first-order valence-corrected chi connectivity index (χ1v) is 9.50. The summed E-state index contributed by atoms with van der Waals surface area (Å²) in [4.78, 5) is 25.5. The van der Waals surface area contributed by atoms with Crippen LogP contribution in [0.2, 0.25) is 0 Å². The minimum Gasteiger partial charge on any atom is -0.353 e. The number of anilines is 2. The number of nitrogens with one attached hydrogen (secondary N) is 1. The van der Waals surface area contributed by atoms with E-state index in [1.807, 2.05) is 19.9 Å². The second-order valence-electron chi connectivity index (χ2n) is 7.63. The average molecular weight is 405 g/mol. The molecule has 1 aromatic heterocycles. The molecule has 2 bridgehead atoms. The van der Waals surface area contributed by atoms with Gasteiger partial charge in [-0.3, -0.25) is 9.69 Å². The Morgan fingerprint density at radius 2 is 1.86 bits per heavy atom. The summed E-state index contributed by atoms with van der Waals surface area (Å²) in [5, 5.41) is 2.43. The molecular formula is C20H22F3N5O. The van der Waals surface area contributed by atoms with Crippen molar-refractivity contribution in [2.45, 2.75) is 38.5 Å². The molecule has 5 rings (SSSR count). The van der Waals surface area contributed by atoms with Crippen LogP contribution in [-0.4, -0.2) is 52.5 Å². The van der Waals surface area contributed by atoms with Gasteiger partial charge in [-0.1, -0.05) is 12.1 Å². The Kier molecular flexibility index (Phi) is 4.94. The Morgan fingerprint density at radius 1 is 1.17 bits per heavy atom. The molecule has 1 aromatic carbocycles. The monoisotopic (exact) mass is 405 g/mol. The van der Waals surface area contributed by atoms with E-state index in [0.717, 1.165) is 42.9 Å². The summed E-state index contributed by atoms with van der Waals surface area (Å²) in [7, 11) is 0. The minimum atomic E-state index is -4.51. The molecule has 2 unspecified atom stereocenters. The fraction of sp³-hybridized carbons (Fsp3) is 0.450. The summed E-state index contributed by atoms with van der Waals surface area (Å²) < 4.78 is 39.3. The Hall–Kier alpha value is -2.68. The van der Waals surface area contributed by atoms with Gasteiger partial charge in [0.25, 0.3) is 0 Å². The van der Waals surface area contributed by atoms with Crippen molar-refractivity contribution in [1.82, 2.24) is 14.9 Å².